The van der Waals surface area contributed by atoms with Gasteiger partial charge in [-0.3, -0.25) is 9.88 Å². The van der Waals surface area contributed by atoms with E-state index in [0.29, 0.717) is 25.6 Å². The molecule has 21 heavy (non-hydrogen) atoms. The molecular weight excluding hydrogens is 268 g/mol. The molecule has 1 fully saturated rings. The van der Waals surface area contributed by atoms with Gasteiger partial charge in [0.25, 0.3) is 0 Å². The van der Waals surface area contributed by atoms with Crippen molar-refractivity contribution in [3.05, 3.63) is 42.4 Å². The number of rotatable bonds is 4. The summed E-state index contributed by atoms with van der Waals surface area (Å²) in [5.41, 5.74) is 1.76. The predicted molar refractivity (Wildman–Crippen MR) is 77.3 cm³/mol. The minimum Gasteiger partial charge on any atom is -0.389 e. The lowest BCUT2D eigenvalue weighted by Gasteiger charge is -2.25. The molecule has 0 radical (unpaired) electrons. The van der Waals surface area contributed by atoms with Crippen LogP contribution in [0.3, 0.4) is 0 Å². The molecule has 2 unspecified atom stereocenters. The summed E-state index contributed by atoms with van der Waals surface area (Å²) in [5.74, 6) is 0.617. The summed E-state index contributed by atoms with van der Waals surface area (Å²) in [4.78, 5) is 15.0. The molecule has 0 spiro atoms. The third-order valence-corrected chi connectivity index (χ3v) is 3.62. The summed E-state index contributed by atoms with van der Waals surface area (Å²) in [6.45, 7) is 1.64. The molecule has 2 atom stereocenters. The van der Waals surface area contributed by atoms with E-state index >= 15 is 0 Å². The van der Waals surface area contributed by atoms with E-state index < -0.39 is 6.10 Å². The van der Waals surface area contributed by atoms with E-state index in [4.69, 9.17) is 4.74 Å². The van der Waals surface area contributed by atoms with Crippen LogP contribution in [0.5, 0.6) is 0 Å². The Bertz CT molecular complexity index is 576. The minimum absolute atomic E-state index is 0.0282. The van der Waals surface area contributed by atoms with Gasteiger partial charge in [0.1, 0.15) is 5.69 Å². The maximum absolute atomic E-state index is 9.82. The lowest BCUT2D eigenvalue weighted by Crippen LogP contribution is -2.39. The normalized spacial score (nSPS) is 21.9. The van der Waals surface area contributed by atoms with E-state index in [1.807, 2.05) is 25.2 Å². The molecule has 6 heteroatoms. The van der Waals surface area contributed by atoms with Crippen LogP contribution in [-0.2, 0) is 11.3 Å². The van der Waals surface area contributed by atoms with Crippen molar-refractivity contribution < 1.29 is 9.84 Å². The SMILES string of the molecule is CN(Cc1cnc(-c2ccccn2)nc1)C1COCC1O. The van der Waals surface area contributed by atoms with Gasteiger partial charge in [0, 0.05) is 30.7 Å². The molecule has 0 bridgehead atoms. The van der Waals surface area contributed by atoms with Gasteiger partial charge < -0.3 is 9.84 Å². The monoisotopic (exact) mass is 286 g/mol. The summed E-state index contributed by atoms with van der Waals surface area (Å²) >= 11 is 0. The van der Waals surface area contributed by atoms with Crippen LogP contribution in [0.4, 0.5) is 0 Å². The smallest absolute Gasteiger partial charge is 0.178 e. The first-order valence-corrected chi connectivity index (χ1v) is 6.92. The highest BCUT2D eigenvalue weighted by Crippen LogP contribution is 2.15. The molecule has 0 saturated carbocycles. The maximum atomic E-state index is 9.82. The first-order valence-electron chi connectivity index (χ1n) is 6.92. The fraction of sp³-hybridized carbons (Fsp3) is 0.400. The lowest BCUT2D eigenvalue weighted by atomic mass is 10.2. The number of aliphatic hydroxyl groups is 1. The van der Waals surface area contributed by atoms with E-state index in [9.17, 15) is 5.11 Å². The number of hydrogen-bond acceptors (Lipinski definition) is 6. The number of aliphatic hydroxyl groups excluding tert-OH is 1. The summed E-state index contributed by atoms with van der Waals surface area (Å²) in [7, 11) is 1.97. The van der Waals surface area contributed by atoms with E-state index in [-0.39, 0.29) is 6.04 Å². The van der Waals surface area contributed by atoms with Crippen molar-refractivity contribution in [2.24, 2.45) is 0 Å². The molecule has 3 heterocycles. The van der Waals surface area contributed by atoms with E-state index in [2.05, 4.69) is 19.9 Å². The van der Waals surface area contributed by atoms with Crippen LogP contribution in [0.2, 0.25) is 0 Å². The molecule has 2 aromatic heterocycles. The summed E-state index contributed by atoms with van der Waals surface area (Å²) in [5, 5.41) is 9.82. The quantitative estimate of drug-likeness (QED) is 0.893. The highest BCUT2D eigenvalue weighted by molar-refractivity contribution is 5.47. The average Bonchev–Trinajstić information content (AvgIpc) is 2.95. The van der Waals surface area contributed by atoms with Gasteiger partial charge in [0.15, 0.2) is 5.82 Å². The first-order chi connectivity index (χ1) is 10.2. The molecule has 2 aromatic rings. The molecule has 0 amide bonds. The second-order valence-corrected chi connectivity index (χ2v) is 5.22. The van der Waals surface area contributed by atoms with Gasteiger partial charge in [-0.2, -0.15) is 0 Å². The Labute approximate surface area is 123 Å². The molecule has 0 aromatic carbocycles. The predicted octanol–water partition coefficient (Wildman–Crippen LogP) is 0.730. The zero-order chi connectivity index (χ0) is 14.7. The van der Waals surface area contributed by atoms with E-state index in [1.165, 1.54) is 0 Å². The highest BCUT2D eigenvalue weighted by Gasteiger charge is 2.29. The molecule has 1 aliphatic rings. The van der Waals surface area contributed by atoms with Gasteiger partial charge in [-0.25, -0.2) is 9.97 Å². The van der Waals surface area contributed by atoms with Gasteiger partial charge in [-0.1, -0.05) is 6.07 Å². The van der Waals surface area contributed by atoms with Gasteiger partial charge in [-0.15, -0.1) is 0 Å². The number of aromatic nitrogens is 3. The molecule has 3 rings (SSSR count). The molecule has 0 aliphatic carbocycles. The Morgan fingerprint density at radius 3 is 2.67 bits per heavy atom. The Hall–Kier alpha value is -1.89. The van der Waals surface area contributed by atoms with Gasteiger partial charge >= 0.3 is 0 Å². The third-order valence-electron chi connectivity index (χ3n) is 3.62. The largest absolute Gasteiger partial charge is 0.389 e. The Morgan fingerprint density at radius 1 is 1.24 bits per heavy atom. The summed E-state index contributed by atoms with van der Waals surface area (Å²) in [6.07, 6.45) is 4.90. The number of nitrogens with zero attached hydrogens (tertiary/aromatic N) is 4. The molecule has 110 valence electrons. The topological polar surface area (TPSA) is 71.4 Å². The zero-order valence-electron chi connectivity index (χ0n) is 11.9. The Kier molecular flexibility index (Phi) is 4.19. The van der Waals surface area contributed by atoms with Crippen LogP contribution in [0, 0.1) is 0 Å². The second kappa shape index (κ2) is 6.26. The number of likely N-dealkylation sites (N-methyl/N-ethyl adjacent to an activating group) is 1. The Morgan fingerprint density at radius 2 is 2.05 bits per heavy atom. The molecule has 6 nitrogen and oxygen atoms in total. The van der Waals surface area contributed by atoms with Crippen molar-refractivity contribution in [3.63, 3.8) is 0 Å². The number of ether oxygens (including phenoxy) is 1. The van der Waals surface area contributed by atoms with Crippen molar-refractivity contribution in [1.82, 2.24) is 19.9 Å². The molecule has 1 N–H and O–H groups in total. The highest BCUT2D eigenvalue weighted by atomic mass is 16.5. The van der Waals surface area contributed by atoms with E-state index in [1.54, 1.807) is 18.6 Å². The van der Waals surface area contributed by atoms with Crippen LogP contribution in [0.15, 0.2) is 36.8 Å². The fourth-order valence-electron chi connectivity index (χ4n) is 2.42. The summed E-state index contributed by atoms with van der Waals surface area (Å²) in [6, 6.07) is 5.68. The maximum Gasteiger partial charge on any atom is 0.178 e. The van der Waals surface area contributed by atoms with Crippen LogP contribution in [0.25, 0.3) is 11.5 Å². The summed E-state index contributed by atoms with van der Waals surface area (Å²) < 4.78 is 5.27. The first kappa shape index (κ1) is 14.1. The van der Waals surface area contributed by atoms with Crippen molar-refractivity contribution in [2.45, 2.75) is 18.7 Å². The standard InChI is InChI=1S/C15H18N4O2/c1-19(13-9-21-10-14(13)20)8-11-6-17-15(18-7-11)12-4-2-3-5-16-12/h2-7,13-14,20H,8-10H2,1H3. The molecule has 1 aliphatic heterocycles. The van der Waals surface area contributed by atoms with Gasteiger partial charge in [-0.05, 0) is 19.2 Å². The lowest BCUT2D eigenvalue weighted by molar-refractivity contribution is 0.0924. The van der Waals surface area contributed by atoms with Crippen molar-refractivity contribution in [1.29, 1.82) is 0 Å². The third kappa shape index (κ3) is 3.24. The van der Waals surface area contributed by atoms with Crippen molar-refractivity contribution >= 4 is 0 Å². The minimum atomic E-state index is -0.427. The molecule has 1 saturated heterocycles. The van der Waals surface area contributed by atoms with Crippen LogP contribution < -0.4 is 0 Å². The van der Waals surface area contributed by atoms with Crippen LogP contribution in [-0.4, -0.2) is 57.4 Å². The number of hydrogen-bond donors (Lipinski definition) is 1. The number of pyridine rings is 1. The fourth-order valence-corrected chi connectivity index (χ4v) is 2.42. The second-order valence-electron chi connectivity index (χ2n) is 5.22. The van der Waals surface area contributed by atoms with Crippen molar-refractivity contribution in [2.75, 3.05) is 20.3 Å². The van der Waals surface area contributed by atoms with Gasteiger partial charge in [0.05, 0.1) is 25.4 Å². The molecular formula is C15H18N4O2. The van der Waals surface area contributed by atoms with E-state index in [0.717, 1.165) is 11.3 Å². The van der Waals surface area contributed by atoms with Crippen molar-refractivity contribution in [3.8, 4) is 11.5 Å². The zero-order valence-corrected chi connectivity index (χ0v) is 11.9. The van der Waals surface area contributed by atoms with Crippen LogP contribution in [0.1, 0.15) is 5.56 Å². The van der Waals surface area contributed by atoms with Gasteiger partial charge in [0.2, 0.25) is 0 Å². The van der Waals surface area contributed by atoms with Crippen LogP contribution >= 0.6 is 0 Å². The Balaban J connectivity index is 1.67. The average molecular weight is 286 g/mol.